The molecule has 2 N–H and O–H groups in total. The van der Waals surface area contributed by atoms with E-state index in [4.69, 9.17) is 0 Å². The molecule has 1 heterocycles. The van der Waals surface area contributed by atoms with E-state index < -0.39 is 0 Å². The van der Waals surface area contributed by atoms with E-state index in [1.165, 1.54) is 25.1 Å². The summed E-state index contributed by atoms with van der Waals surface area (Å²) < 4.78 is 13.0. The molecule has 3 atom stereocenters. The highest BCUT2D eigenvalue weighted by Crippen LogP contribution is 2.28. The molecule has 0 amide bonds. The van der Waals surface area contributed by atoms with Crippen LogP contribution in [-0.4, -0.2) is 22.7 Å². The molecule has 0 aromatic carbocycles. The van der Waals surface area contributed by atoms with E-state index >= 15 is 0 Å². The molecule has 0 radical (unpaired) electrons. The largest absolute Gasteiger partial charge is 0.393 e. The average Bonchev–Trinajstić information content (AvgIpc) is 2.50. The van der Waals surface area contributed by atoms with Crippen LogP contribution in [0.1, 0.15) is 64.1 Å². The molecule has 22 heavy (non-hydrogen) atoms. The fourth-order valence-corrected chi connectivity index (χ4v) is 3.40. The zero-order valence-corrected chi connectivity index (χ0v) is 13.8. The molecule has 1 aromatic heterocycles. The van der Waals surface area contributed by atoms with Crippen LogP contribution in [0.5, 0.6) is 0 Å². The van der Waals surface area contributed by atoms with Crippen LogP contribution >= 0.6 is 0 Å². The van der Waals surface area contributed by atoms with Crippen LogP contribution < -0.4 is 5.32 Å². The molecule has 3 nitrogen and oxygen atoms in total. The molecule has 1 aliphatic rings. The van der Waals surface area contributed by atoms with Gasteiger partial charge in [-0.15, -0.1) is 0 Å². The maximum absolute atomic E-state index is 13.0. The fourth-order valence-electron chi connectivity index (χ4n) is 3.40. The zero-order valence-electron chi connectivity index (χ0n) is 13.8. The summed E-state index contributed by atoms with van der Waals surface area (Å²) in [5.41, 5.74) is 0.897. The van der Waals surface area contributed by atoms with Gasteiger partial charge in [0, 0.05) is 0 Å². The lowest BCUT2D eigenvalue weighted by atomic mass is 9.83. The summed E-state index contributed by atoms with van der Waals surface area (Å²) in [5, 5.41) is 13.5. The molecule has 1 aliphatic carbocycles. The Morgan fingerprint density at radius 2 is 2.09 bits per heavy atom. The summed E-state index contributed by atoms with van der Waals surface area (Å²) in [6, 6.07) is 3.38. The molecule has 4 heteroatoms. The Labute approximate surface area is 133 Å². The summed E-state index contributed by atoms with van der Waals surface area (Å²) in [6.07, 6.45) is 7.87. The maximum atomic E-state index is 13.0. The fraction of sp³-hybridized carbons (Fsp3) is 0.722. The molecule has 1 saturated carbocycles. The van der Waals surface area contributed by atoms with Crippen LogP contribution in [0.2, 0.25) is 0 Å². The van der Waals surface area contributed by atoms with Crippen LogP contribution in [0.15, 0.2) is 18.3 Å². The standard InChI is InChI=1S/C18H29FN2O/c1-13(2)18(16-10-9-15(19)12-21-16)20-11-5-7-14-6-3-4-8-17(14)22/h9-10,12-14,17-18,20,22H,3-8,11H2,1-2H3. The molecular weight excluding hydrogens is 279 g/mol. The summed E-state index contributed by atoms with van der Waals surface area (Å²) >= 11 is 0. The molecule has 3 unspecified atom stereocenters. The number of halogens is 1. The van der Waals surface area contributed by atoms with Gasteiger partial charge in [-0.3, -0.25) is 4.98 Å². The maximum Gasteiger partial charge on any atom is 0.141 e. The van der Waals surface area contributed by atoms with Gasteiger partial charge >= 0.3 is 0 Å². The molecule has 1 aromatic rings. The number of pyridine rings is 1. The van der Waals surface area contributed by atoms with Gasteiger partial charge in [0.25, 0.3) is 0 Å². The third-order valence-electron chi connectivity index (χ3n) is 4.72. The first-order chi connectivity index (χ1) is 10.6. The SMILES string of the molecule is CC(C)C(NCCCC1CCCCC1O)c1ccc(F)cn1. The van der Waals surface area contributed by atoms with Crippen molar-refractivity contribution in [1.82, 2.24) is 10.3 Å². The molecule has 1 fully saturated rings. The summed E-state index contributed by atoms with van der Waals surface area (Å²) in [6.45, 7) is 5.20. The molecule has 0 aliphatic heterocycles. The van der Waals surface area contributed by atoms with Crippen molar-refractivity contribution in [1.29, 1.82) is 0 Å². The van der Waals surface area contributed by atoms with Gasteiger partial charge in [-0.05, 0) is 56.2 Å². The van der Waals surface area contributed by atoms with Crippen molar-refractivity contribution in [2.24, 2.45) is 11.8 Å². The Morgan fingerprint density at radius 1 is 1.32 bits per heavy atom. The minimum atomic E-state index is -0.294. The van der Waals surface area contributed by atoms with Gasteiger partial charge in [0.05, 0.1) is 24.0 Å². The first-order valence-corrected chi connectivity index (χ1v) is 8.61. The minimum Gasteiger partial charge on any atom is -0.393 e. The second-order valence-corrected chi connectivity index (χ2v) is 6.83. The third-order valence-corrected chi connectivity index (χ3v) is 4.72. The number of aliphatic hydroxyl groups is 1. The second-order valence-electron chi connectivity index (χ2n) is 6.83. The van der Waals surface area contributed by atoms with Crippen molar-refractivity contribution in [3.63, 3.8) is 0 Å². The quantitative estimate of drug-likeness (QED) is 0.752. The van der Waals surface area contributed by atoms with E-state index in [9.17, 15) is 9.50 Å². The third kappa shape index (κ3) is 5.03. The molecule has 2 rings (SSSR count). The number of hydrogen-bond donors (Lipinski definition) is 2. The Kier molecular flexibility index (Phi) is 6.77. The Balaban J connectivity index is 1.78. The van der Waals surface area contributed by atoms with Crippen LogP contribution in [-0.2, 0) is 0 Å². The summed E-state index contributed by atoms with van der Waals surface area (Å²) in [7, 11) is 0. The highest BCUT2D eigenvalue weighted by Gasteiger charge is 2.22. The highest BCUT2D eigenvalue weighted by molar-refractivity contribution is 5.10. The predicted octanol–water partition coefficient (Wildman–Crippen LogP) is 3.84. The lowest BCUT2D eigenvalue weighted by Crippen LogP contribution is -2.29. The number of nitrogens with zero attached hydrogens (tertiary/aromatic N) is 1. The van der Waals surface area contributed by atoms with Crippen LogP contribution in [0.3, 0.4) is 0 Å². The number of aliphatic hydroxyl groups excluding tert-OH is 1. The number of hydrogen-bond acceptors (Lipinski definition) is 3. The van der Waals surface area contributed by atoms with Gasteiger partial charge in [0.1, 0.15) is 5.82 Å². The number of nitrogens with one attached hydrogen (secondary N) is 1. The van der Waals surface area contributed by atoms with Gasteiger partial charge in [0.15, 0.2) is 0 Å². The van der Waals surface area contributed by atoms with Crippen molar-refractivity contribution in [2.45, 2.75) is 64.5 Å². The van der Waals surface area contributed by atoms with Crippen LogP contribution in [0, 0.1) is 17.7 Å². The van der Waals surface area contributed by atoms with Gasteiger partial charge in [0.2, 0.25) is 0 Å². The van der Waals surface area contributed by atoms with Crippen molar-refractivity contribution in [3.05, 3.63) is 29.8 Å². The molecule has 124 valence electrons. The molecule has 0 spiro atoms. The van der Waals surface area contributed by atoms with Crippen molar-refractivity contribution in [3.8, 4) is 0 Å². The number of aromatic nitrogens is 1. The van der Waals surface area contributed by atoms with Crippen molar-refractivity contribution >= 4 is 0 Å². The van der Waals surface area contributed by atoms with Crippen molar-refractivity contribution in [2.75, 3.05) is 6.54 Å². The van der Waals surface area contributed by atoms with E-state index in [-0.39, 0.29) is 18.0 Å². The number of rotatable bonds is 7. The van der Waals surface area contributed by atoms with Crippen molar-refractivity contribution < 1.29 is 9.50 Å². The second kappa shape index (κ2) is 8.59. The topological polar surface area (TPSA) is 45.1 Å². The van der Waals surface area contributed by atoms with Gasteiger partial charge in [-0.2, -0.15) is 0 Å². The molecule has 0 saturated heterocycles. The Hall–Kier alpha value is -1.00. The van der Waals surface area contributed by atoms with Crippen LogP contribution in [0.25, 0.3) is 0 Å². The average molecular weight is 308 g/mol. The Bertz CT molecular complexity index is 435. The lowest BCUT2D eigenvalue weighted by molar-refractivity contribution is 0.0641. The van der Waals surface area contributed by atoms with E-state index in [0.717, 1.165) is 37.9 Å². The zero-order chi connectivity index (χ0) is 15.9. The van der Waals surface area contributed by atoms with Gasteiger partial charge < -0.3 is 10.4 Å². The molecular formula is C18H29FN2O. The highest BCUT2D eigenvalue weighted by atomic mass is 19.1. The first kappa shape index (κ1) is 17.4. The van der Waals surface area contributed by atoms with Gasteiger partial charge in [-0.25, -0.2) is 4.39 Å². The molecule has 0 bridgehead atoms. The summed E-state index contributed by atoms with van der Waals surface area (Å²) in [5.74, 6) is 0.577. The summed E-state index contributed by atoms with van der Waals surface area (Å²) in [4.78, 5) is 4.20. The minimum absolute atomic E-state index is 0.103. The van der Waals surface area contributed by atoms with E-state index in [0.29, 0.717) is 11.8 Å². The monoisotopic (exact) mass is 308 g/mol. The van der Waals surface area contributed by atoms with E-state index in [2.05, 4.69) is 24.1 Å². The predicted molar refractivity (Wildman–Crippen MR) is 87.0 cm³/mol. The normalized spacial score (nSPS) is 23.7. The van der Waals surface area contributed by atoms with Crippen LogP contribution in [0.4, 0.5) is 4.39 Å². The lowest BCUT2D eigenvalue weighted by Gasteiger charge is -2.28. The van der Waals surface area contributed by atoms with E-state index in [1.54, 1.807) is 6.07 Å². The first-order valence-electron chi connectivity index (χ1n) is 8.61. The van der Waals surface area contributed by atoms with Gasteiger partial charge in [-0.1, -0.05) is 26.7 Å². The Morgan fingerprint density at radius 3 is 2.73 bits per heavy atom. The smallest absolute Gasteiger partial charge is 0.141 e. The van der Waals surface area contributed by atoms with E-state index in [1.807, 2.05) is 0 Å².